The zero-order chi connectivity index (χ0) is 10.5. The van der Waals surface area contributed by atoms with Gasteiger partial charge in [0, 0.05) is 16.3 Å². The van der Waals surface area contributed by atoms with Crippen LogP contribution >= 0.6 is 11.8 Å². The second kappa shape index (κ2) is 5.42. The third-order valence-corrected chi connectivity index (χ3v) is 4.01. The lowest BCUT2D eigenvalue weighted by molar-refractivity contribution is 0.410. The lowest BCUT2D eigenvalue weighted by atomic mass is 10.0. The summed E-state index contributed by atoms with van der Waals surface area (Å²) in [5.74, 6) is 2.05. The van der Waals surface area contributed by atoms with Gasteiger partial charge in [0.25, 0.3) is 0 Å². The van der Waals surface area contributed by atoms with Crippen molar-refractivity contribution in [3.8, 4) is 0 Å². The van der Waals surface area contributed by atoms with Gasteiger partial charge in [-0.15, -0.1) is 11.8 Å². The molecule has 0 bridgehead atoms. The first-order valence-electron chi connectivity index (χ1n) is 5.53. The number of nitrogens with two attached hydrogens (primary N) is 1. The molecule has 15 heavy (non-hydrogen) atoms. The van der Waals surface area contributed by atoms with Crippen LogP contribution in [-0.2, 0) is 0 Å². The maximum absolute atomic E-state index is 5.65. The topological polar surface area (TPSA) is 38.0 Å². The van der Waals surface area contributed by atoms with E-state index in [1.165, 1.54) is 36.6 Å². The van der Waals surface area contributed by atoms with Crippen molar-refractivity contribution in [1.29, 1.82) is 0 Å². The number of hydrogen-bond acceptors (Lipinski definition) is 3. The molecule has 3 heteroatoms. The molecule has 1 atom stereocenters. The molecule has 1 heterocycles. The minimum Gasteiger partial charge on any atom is -0.399 e. The molecule has 1 unspecified atom stereocenters. The van der Waals surface area contributed by atoms with Crippen molar-refractivity contribution in [1.82, 2.24) is 5.32 Å². The van der Waals surface area contributed by atoms with Crippen LogP contribution in [0.1, 0.15) is 12.8 Å². The highest BCUT2D eigenvalue weighted by atomic mass is 32.2. The Balaban J connectivity index is 1.79. The number of benzene rings is 1. The molecule has 1 aromatic rings. The van der Waals surface area contributed by atoms with Crippen LogP contribution in [0.15, 0.2) is 29.2 Å². The summed E-state index contributed by atoms with van der Waals surface area (Å²) in [6.07, 6.45) is 2.70. The van der Waals surface area contributed by atoms with Crippen LogP contribution in [0.4, 0.5) is 5.69 Å². The van der Waals surface area contributed by atoms with E-state index in [0.29, 0.717) is 0 Å². The largest absolute Gasteiger partial charge is 0.399 e. The summed E-state index contributed by atoms with van der Waals surface area (Å²) < 4.78 is 0. The Morgan fingerprint density at radius 2 is 2.13 bits per heavy atom. The zero-order valence-electron chi connectivity index (χ0n) is 8.91. The third kappa shape index (κ3) is 3.43. The summed E-state index contributed by atoms with van der Waals surface area (Å²) in [4.78, 5) is 1.33. The van der Waals surface area contributed by atoms with Gasteiger partial charge in [-0.3, -0.25) is 0 Å². The minimum atomic E-state index is 0.835. The van der Waals surface area contributed by atoms with Crippen LogP contribution in [0.2, 0.25) is 0 Å². The van der Waals surface area contributed by atoms with Crippen molar-refractivity contribution in [2.24, 2.45) is 5.92 Å². The molecule has 0 saturated carbocycles. The Morgan fingerprint density at radius 3 is 2.80 bits per heavy atom. The van der Waals surface area contributed by atoms with Gasteiger partial charge in [-0.2, -0.15) is 0 Å². The monoisotopic (exact) mass is 222 g/mol. The summed E-state index contributed by atoms with van der Waals surface area (Å²) in [6, 6.07) is 8.16. The van der Waals surface area contributed by atoms with E-state index in [1.807, 2.05) is 23.9 Å². The van der Waals surface area contributed by atoms with Crippen LogP contribution in [0, 0.1) is 5.92 Å². The second-order valence-corrected chi connectivity index (χ2v) is 5.19. The number of nitrogens with one attached hydrogen (secondary N) is 1. The van der Waals surface area contributed by atoms with Gasteiger partial charge < -0.3 is 11.1 Å². The molecule has 0 aromatic heterocycles. The van der Waals surface area contributed by atoms with E-state index in [1.54, 1.807) is 0 Å². The van der Waals surface area contributed by atoms with E-state index < -0.39 is 0 Å². The molecular formula is C12H18N2S. The Hall–Kier alpha value is -0.670. The van der Waals surface area contributed by atoms with E-state index in [2.05, 4.69) is 17.4 Å². The van der Waals surface area contributed by atoms with Crippen LogP contribution in [0.5, 0.6) is 0 Å². The number of hydrogen-bond donors (Lipinski definition) is 2. The molecule has 3 N–H and O–H groups in total. The van der Waals surface area contributed by atoms with Gasteiger partial charge in [-0.05, 0) is 56.1 Å². The summed E-state index contributed by atoms with van der Waals surface area (Å²) in [7, 11) is 0. The van der Waals surface area contributed by atoms with Gasteiger partial charge in [0.15, 0.2) is 0 Å². The third-order valence-electron chi connectivity index (χ3n) is 2.76. The number of piperidine rings is 1. The lowest BCUT2D eigenvalue weighted by Crippen LogP contribution is -2.30. The van der Waals surface area contributed by atoms with Crippen LogP contribution in [0.25, 0.3) is 0 Å². The Morgan fingerprint density at radius 1 is 1.33 bits per heavy atom. The van der Waals surface area contributed by atoms with E-state index in [-0.39, 0.29) is 0 Å². The van der Waals surface area contributed by atoms with Gasteiger partial charge >= 0.3 is 0 Å². The van der Waals surface area contributed by atoms with Gasteiger partial charge in [-0.1, -0.05) is 0 Å². The fourth-order valence-electron chi connectivity index (χ4n) is 1.84. The first kappa shape index (κ1) is 10.8. The maximum atomic E-state index is 5.65. The highest BCUT2D eigenvalue weighted by Gasteiger charge is 2.12. The van der Waals surface area contributed by atoms with Gasteiger partial charge in [0.1, 0.15) is 0 Å². The Bertz CT molecular complexity index is 291. The van der Waals surface area contributed by atoms with Gasteiger partial charge in [0.05, 0.1) is 0 Å². The van der Waals surface area contributed by atoms with Gasteiger partial charge in [-0.25, -0.2) is 0 Å². The molecule has 0 radical (unpaired) electrons. The average Bonchev–Trinajstić information content (AvgIpc) is 2.30. The highest BCUT2D eigenvalue weighted by Crippen LogP contribution is 2.24. The van der Waals surface area contributed by atoms with E-state index in [9.17, 15) is 0 Å². The lowest BCUT2D eigenvalue weighted by Gasteiger charge is -2.22. The smallest absolute Gasteiger partial charge is 0.0314 e. The number of nitrogen functional groups attached to an aromatic ring is 1. The SMILES string of the molecule is Nc1ccc(SCC2CCCNC2)cc1. The van der Waals surface area contributed by atoms with Crippen LogP contribution < -0.4 is 11.1 Å². The molecule has 2 nitrogen and oxygen atoms in total. The molecule has 1 fully saturated rings. The zero-order valence-corrected chi connectivity index (χ0v) is 9.72. The molecular weight excluding hydrogens is 204 g/mol. The molecule has 1 saturated heterocycles. The van der Waals surface area contributed by atoms with E-state index in [4.69, 9.17) is 5.73 Å². The Labute approximate surface area is 95.6 Å². The molecule has 2 rings (SSSR count). The molecule has 1 aromatic carbocycles. The quantitative estimate of drug-likeness (QED) is 0.609. The maximum Gasteiger partial charge on any atom is 0.0314 e. The van der Waals surface area contributed by atoms with Crippen LogP contribution in [0.3, 0.4) is 0 Å². The van der Waals surface area contributed by atoms with Crippen LogP contribution in [-0.4, -0.2) is 18.8 Å². The number of rotatable bonds is 3. The predicted molar refractivity (Wildman–Crippen MR) is 67.2 cm³/mol. The highest BCUT2D eigenvalue weighted by molar-refractivity contribution is 7.99. The summed E-state index contributed by atoms with van der Waals surface area (Å²) >= 11 is 1.94. The standard InChI is InChI=1S/C12H18N2S/c13-11-3-5-12(6-4-11)15-9-10-2-1-7-14-8-10/h3-6,10,14H,1-2,7-9,13H2. The molecule has 1 aliphatic rings. The van der Waals surface area contributed by atoms with Crippen molar-refractivity contribution in [3.05, 3.63) is 24.3 Å². The summed E-state index contributed by atoms with van der Waals surface area (Å²) in [5, 5.41) is 3.45. The van der Waals surface area contributed by atoms with Crippen molar-refractivity contribution in [2.75, 3.05) is 24.6 Å². The minimum absolute atomic E-state index is 0.835. The first-order valence-corrected chi connectivity index (χ1v) is 6.52. The van der Waals surface area contributed by atoms with Crippen molar-refractivity contribution >= 4 is 17.4 Å². The Kier molecular flexibility index (Phi) is 3.92. The molecule has 1 aliphatic heterocycles. The normalized spacial score (nSPS) is 21.5. The average molecular weight is 222 g/mol. The first-order chi connectivity index (χ1) is 7.34. The van der Waals surface area contributed by atoms with E-state index in [0.717, 1.165) is 11.6 Å². The van der Waals surface area contributed by atoms with Crippen molar-refractivity contribution in [3.63, 3.8) is 0 Å². The molecule has 82 valence electrons. The van der Waals surface area contributed by atoms with Crippen molar-refractivity contribution < 1.29 is 0 Å². The molecule has 0 amide bonds. The summed E-state index contributed by atoms with van der Waals surface area (Å²) in [5.41, 5.74) is 6.49. The second-order valence-electron chi connectivity index (χ2n) is 4.09. The predicted octanol–water partition coefficient (Wildman–Crippen LogP) is 2.36. The number of thioether (sulfide) groups is 1. The van der Waals surface area contributed by atoms with Crippen molar-refractivity contribution in [2.45, 2.75) is 17.7 Å². The fraction of sp³-hybridized carbons (Fsp3) is 0.500. The molecule has 0 spiro atoms. The summed E-state index contributed by atoms with van der Waals surface area (Å²) in [6.45, 7) is 2.38. The molecule has 0 aliphatic carbocycles. The fourth-order valence-corrected chi connectivity index (χ4v) is 2.89. The number of anilines is 1. The van der Waals surface area contributed by atoms with E-state index >= 15 is 0 Å². The van der Waals surface area contributed by atoms with Gasteiger partial charge in [0.2, 0.25) is 0 Å².